The monoisotopic (exact) mass is 660 g/mol. The molecule has 1 unspecified atom stereocenters. The average molecular weight is 661 g/mol. The van der Waals surface area contributed by atoms with E-state index < -0.39 is 6.10 Å². The molecule has 2 saturated heterocycles. The first-order valence-corrected chi connectivity index (χ1v) is 17.0. The van der Waals surface area contributed by atoms with E-state index in [1.807, 2.05) is 24.0 Å². The number of hydrogen-bond acceptors (Lipinski definition) is 11. The van der Waals surface area contributed by atoms with Crippen LogP contribution in [-0.4, -0.2) is 120 Å². The fourth-order valence-corrected chi connectivity index (χ4v) is 6.59. The summed E-state index contributed by atoms with van der Waals surface area (Å²) in [5, 5.41) is 17.4. The Labute approximate surface area is 282 Å². The number of nitrogens with one attached hydrogen (secondary N) is 2. The van der Waals surface area contributed by atoms with Gasteiger partial charge in [-0.1, -0.05) is 6.07 Å². The van der Waals surface area contributed by atoms with E-state index in [0.29, 0.717) is 37.6 Å². The Kier molecular flexibility index (Phi) is 10.8. The number of carbonyl (C=O) groups is 2. The van der Waals surface area contributed by atoms with Gasteiger partial charge in [-0.2, -0.15) is 0 Å². The maximum Gasteiger partial charge on any atom is 0.251 e. The van der Waals surface area contributed by atoms with Crippen molar-refractivity contribution in [1.29, 1.82) is 0 Å². The number of hydrogen-bond donors (Lipinski definition) is 3. The van der Waals surface area contributed by atoms with E-state index in [4.69, 9.17) is 14.1 Å². The molecule has 13 nitrogen and oxygen atoms in total. The number of piperidine rings is 1. The molecule has 258 valence electrons. The number of nitrogens with zero attached hydrogens (tertiary/aromatic N) is 6. The molecule has 2 amide bonds. The number of oxazole rings is 1. The van der Waals surface area contributed by atoms with Crippen molar-refractivity contribution in [3.63, 3.8) is 0 Å². The van der Waals surface area contributed by atoms with Crippen LogP contribution >= 0.6 is 0 Å². The molecule has 13 heteroatoms. The molecule has 1 aromatic carbocycles. The summed E-state index contributed by atoms with van der Waals surface area (Å²) < 4.78 is 11.3. The molecule has 3 aliphatic heterocycles. The van der Waals surface area contributed by atoms with E-state index in [1.54, 1.807) is 13.0 Å². The lowest BCUT2D eigenvalue weighted by Crippen LogP contribution is -2.45. The van der Waals surface area contributed by atoms with E-state index in [1.165, 1.54) is 17.5 Å². The SMILES string of the molecule is CC(=O)N1CCC(Nc2cc(C(=O)NCC(O)CN3CCc4cc(OCc5ocnc5C)ccc4C3)cc(N3CCN(C)CC3)n2)CC1. The normalized spacial score (nSPS) is 18.3. The number of pyridine rings is 1. The van der Waals surface area contributed by atoms with Crippen LogP contribution in [0.5, 0.6) is 5.75 Å². The number of β-amino-alcohol motifs (C(OH)–C–C–N with tert-alkyl or cyclic N) is 1. The number of aryl methyl sites for hydroxylation is 1. The Bertz CT molecular complexity index is 1560. The number of aliphatic hydroxyl groups is 1. The Balaban J connectivity index is 1.03. The Morgan fingerprint density at radius 2 is 1.85 bits per heavy atom. The van der Waals surface area contributed by atoms with Crippen molar-refractivity contribution in [3.8, 4) is 5.75 Å². The van der Waals surface area contributed by atoms with Gasteiger partial charge in [0.1, 0.15) is 24.0 Å². The number of likely N-dealkylation sites (N-methyl/N-ethyl adjacent to an activating group) is 1. The standard InChI is InChI=1S/C35H48N8O5/c1-24-32(48-23-37-24)22-47-31-5-4-27-20-41(9-6-26(27)16-31)21-30(45)19-36-35(46)28-17-33(38-29-7-10-42(11-8-29)25(2)44)39-34(18-28)43-14-12-40(3)13-15-43/h4-5,16-18,23,29-30,45H,6-15,19-22H2,1-3H3,(H,36,46)(H,38,39). The smallest absolute Gasteiger partial charge is 0.251 e. The molecule has 3 aliphatic rings. The number of rotatable bonds is 11. The molecule has 48 heavy (non-hydrogen) atoms. The summed E-state index contributed by atoms with van der Waals surface area (Å²) in [5.74, 6) is 2.81. The quantitative estimate of drug-likeness (QED) is 0.279. The number of piperazine rings is 1. The Hall–Kier alpha value is -4.20. The molecular formula is C35H48N8O5. The van der Waals surface area contributed by atoms with Crippen LogP contribution in [0.3, 0.4) is 0 Å². The molecule has 6 rings (SSSR count). The summed E-state index contributed by atoms with van der Waals surface area (Å²) in [4.78, 5) is 42.8. The van der Waals surface area contributed by atoms with Crippen molar-refractivity contribution in [2.75, 3.05) is 76.2 Å². The molecular weight excluding hydrogens is 612 g/mol. The highest BCUT2D eigenvalue weighted by Crippen LogP contribution is 2.26. The maximum absolute atomic E-state index is 13.4. The molecule has 5 heterocycles. The summed E-state index contributed by atoms with van der Waals surface area (Å²) in [7, 11) is 2.11. The number of ether oxygens (including phenoxy) is 1. The lowest BCUT2D eigenvalue weighted by atomic mass is 9.99. The number of carbonyl (C=O) groups excluding carboxylic acids is 2. The van der Waals surface area contributed by atoms with Gasteiger partial charge in [-0.25, -0.2) is 9.97 Å². The minimum atomic E-state index is -0.716. The topological polar surface area (TPSA) is 140 Å². The molecule has 0 aliphatic carbocycles. The van der Waals surface area contributed by atoms with Crippen molar-refractivity contribution >= 4 is 23.5 Å². The van der Waals surface area contributed by atoms with Gasteiger partial charge in [0.25, 0.3) is 5.91 Å². The van der Waals surface area contributed by atoms with Gasteiger partial charge in [0, 0.05) is 84.0 Å². The largest absolute Gasteiger partial charge is 0.486 e. The van der Waals surface area contributed by atoms with Crippen LogP contribution in [0.2, 0.25) is 0 Å². The second kappa shape index (κ2) is 15.3. The van der Waals surface area contributed by atoms with Crippen molar-refractivity contribution in [1.82, 2.24) is 30.0 Å². The van der Waals surface area contributed by atoms with E-state index in [9.17, 15) is 14.7 Å². The number of benzene rings is 1. The number of aliphatic hydroxyl groups excluding tert-OH is 1. The predicted molar refractivity (Wildman–Crippen MR) is 182 cm³/mol. The van der Waals surface area contributed by atoms with Gasteiger partial charge in [-0.15, -0.1) is 0 Å². The third-order valence-corrected chi connectivity index (χ3v) is 9.64. The van der Waals surface area contributed by atoms with E-state index in [0.717, 1.165) is 81.6 Å². The van der Waals surface area contributed by atoms with Crippen molar-refractivity contribution < 1.29 is 23.8 Å². The number of likely N-dealkylation sites (tertiary alicyclic amines) is 1. The maximum atomic E-state index is 13.4. The van der Waals surface area contributed by atoms with Crippen LogP contribution in [0.25, 0.3) is 0 Å². The average Bonchev–Trinajstić information content (AvgIpc) is 3.50. The summed E-state index contributed by atoms with van der Waals surface area (Å²) in [6, 6.07) is 9.95. The molecule has 0 bridgehead atoms. The van der Waals surface area contributed by atoms with Gasteiger partial charge in [-0.3, -0.25) is 14.5 Å². The molecule has 1 atom stereocenters. The lowest BCUT2D eigenvalue weighted by molar-refractivity contribution is -0.129. The first-order chi connectivity index (χ1) is 23.2. The summed E-state index contributed by atoms with van der Waals surface area (Å²) in [6.07, 6.45) is 3.21. The highest BCUT2D eigenvalue weighted by atomic mass is 16.5. The highest BCUT2D eigenvalue weighted by molar-refractivity contribution is 5.95. The van der Waals surface area contributed by atoms with Crippen LogP contribution in [0.4, 0.5) is 11.6 Å². The predicted octanol–water partition coefficient (Wildman–Crippen LogP) is 2.28. The molecule has 3 aromatic rings. The van der Waals surface area contributed by atoms with Crippen LogP contribution in [0.1, 0.15) is 52.7 Å². The van der Waals surface area contributed by atoms with Gasteiger partial charge in [0.05, 0.1) is 11.8 Å². The van der Waals surface area contributed by atoms with Crippen molar-refractivity contribution in [3.05, 3.63) is 64.9 Å². The second-order valence-electron chi connectivity index (χ2n) is 13.2. The van der Waals surface area contributed by atoms with Crippen molar-refractivity contribution in [2.24, 2.45) is 0 Å². The van der Waals surface area contributed by atoms with E-state index in [2.05, 4.69) is 49.5 Å². The van der Waals surface area contributed by atoms with E-state index >= 15 is 0 Å². The zero-order valence-corrected chi connectivity index (χ0v) is 28.3. The zero-order chi connectivity index (χ0) is 33.6. The van der Waals surface area contributed by atoms with Gasteiger partial charge in [0.2, 0.25) is 5.91 Å². The summed E-state index contributed by atoms with van der Waals surface area (Å²) in [5.41, 5.74) is 3.79. The fourth-order valence-electron chi connectivity index (χ4n) is 6.59. The van der Waals surface area contributed by atoms with Crippen LogP contribution in [-0.2, 0) is 24.4 Å². The van der Waals surface area contributed by atoms with Crippen LogP contribution in [0, 0.1) is 6.92 Å². The Morgan fingerprint density at radius 1 is 1.06 bits per heavy atom. The third kappa shape index (κ3) is 8.63. The van der Waals surface area contributed by atoms with Gasteiger partial charge in [-0.05, 0) is 68.6 Å². The minimum Gasteiger partial charge on any atom is -0.486 e. The van der Waals surface area contributed by atoms with Gasteiger partial charge < -0.3 is 39.6 Å². The molecule has 2 fully saturated rings. The number of aromatic nitrogens is 2. The molecule has 0 spiro atoms. The summed E-state index contributed by atoms with van der Waals surface area (Å²) in [6.45, 7) is 10.9. The van der Waals surface area contributed by atoms with Gasteiger partial charge in [0.15, 0.2) is 12.2 Å². The number of anilines is 2. The zero-order valence-electron chi connectivity index (χ0n) is 28.3. The first kappa shape index (κ1) is 33.7. The van der Waals surface area contributed by atoms with Crippen LogP contribution in [0.15, 0.2) is 41.1 Å². The number of amides is 2. The van der Waals surface area contributed by atoms with E-state index in [-0.39, 0.29) is 24.4 Å². The molecule has 0 saturated carbocycles. The van der Waals surface area contributed by atoms with Crippen LogP contribution < -0.4 is 20.3 Å². The third-order valence-electron chi connectivity index (χ3n) is 9.64. The number of fused-ring (bicyclic) bond motifs is 1. The minimum absolute atomic E-state index is 0.102. The van der Waals surface area contributed by atoms with Gasteiger partial charge >= 0.3 is 0 Å². The molecule has 2 aromatic heterocycles. The second-order valence-corrected chi connectivity index (χ2v) is 13.2. The molecule has 3 N–H and O–H groups in total. The lowest BCUT2D eigenvalue weighted by Gasteiger charge is -2.34. The molecule has 0 radical (unpaired) electrons. The van der Waals surface area contributed by atoms with Crippen molar-refractivity contribution in [2.45, 2.75) is 58.4 Å². The summed E-state index contributed by atoms with van der Waals surface area (Å²) >= 11 is 0. The highest BCUT2D eigenvalue weighted by Gasteiger charge is 2.24. The Morgan fingerprint density at radius 3 is 2.58 bits per heavy atom. The first-order valence-electron chi connectivity index (χ1n) is 17.0. The fraction of sp³-hybridized carbons (Fsp3) is 0.543.